The molecule has 2 amide bonds. The Bertz CT molecular complexity index is 532. The molecule has 1 aromatic rings. The van der Waals surface area contributed by atoms with Crippen molar-refractivity contribution < 1.29 is 9.59 Å². The summed E-state index contributed by atoms with van der Waals surface area (Å²) in [6.07, 6.45) is 8.11. The van der Waals surface area contributed by atoms with E-state index in [4.69, 9.17) is 0 Å². The second-order valence-electron chi connectivity index (χ2n) is 5.88. The highest BCUT2D eigenvalue weighted by Crippen LogP contribution is 2.19. The first-order valence-electron chi connectivity index (χ1n) is 7.80. The van der Waals surface area contributed by atoms with Crippen LogP contribution in [0.3, 0.4) is 0 Å². The molecule has 2 fully saturated rings. The van der Waals surface area contributed by atoms with Crippen LogP contribution in [-0.2, 0) is 0 Å². The fraction of sp³-hybridized carbons (Fsp3) is 0.562. The summed E-state index contributed by atoms with van der Waals surface area (Å²) in [6, 6.07) is 3.59. The summed E-state index contributed by atoms with van der Waals surface area (Å²) < 4.78 is 0. The summed E-state index contributed by atoms with van der Waals surface area (Å²) in [5.74, 6) is -0.164. The highest BCUT2D eigenvalue weighted by atomic mass is 16.2. The van der Waals surface area contributed by atoms with E-state index in [2.05, 4.69) is 10.3 Å². The first kappa shape index (κ1) is 14.0. The lowest BCUT2D eigenvalue weighted by Gasteiger charge is -2.19. The van der Waals surface area contributed by atoms with Gasteiger partial charge in [-0.15, -0.1) is 0 Å². The van der Waals surface area contributed by atoms with E-state index in [-0.39, 0.29) is 11.8 Å². The third-order valence-corrected chi connectivity index (χ3v) is 4.05. The molecule has 1 aromatic heterocycles. The van der Waals surface area contributed by atoms with E-state index in [1.54, 1.807) is 18.3 Å². The molecular formula is C16H21N3O2. The highest BCUT2D eigenvalue weighted by Gasteiger charge is 2.25. The van der Waals surface area contributed by atoms with Crippen LogP contribution < -0.4 is 5.32 Å². The summed E-state index contributed by atoms with van der Waals surface area (Å²) in [5.41, 5.74) is 0.899. The lowest BCUT2D eigenvalue weighted by Crippen LogP contribution is -2.33. The second kappa shape index (κ2) is 6.24. The summed E-state index contributed by atoms with van der Waals surface area (Å²) in [5, 5.41) is 2.93. The average molecular weight is 287 g/mol. The van der Waals surface area contributed by atoms with Crippen molar-refractivity contribution in [2.24, 2.45) is 0 Å². The van der Waals surface area contributed by atoms with E-state index in [0.717, 1.165) is 38.8 Å². The minimum atomic E-state index is -0.107. The Morgan fingerprint density at radius 3 is 2.52 bits per heavy atom. The minimum absolute atomic E-state index is 0.0574. The molecule has 0 bridgehead atoms. The molecule has 1 aliphatic carbocycles. The smallest absolute Gasteiger partial charge is 0.272 e. The van der Waals surface area contributed by atoms with Crippen molar-refractivity contribution >= 4 is 11.8 Å². The quantitative estimate of drug-likeness (QED) is 0.924. The van der Waals surface area contributed by atoms with Crippen LogP contribution in [0.1, 0.15) is 59.4 Å². The number of hydrogen-bond acceptors (Lipinski definition) is 3. The number of carbonyl (C=O) groups is 2. The Kier molecular flexibility index (Phi) is 4.18. The highest BCUT2D eigenvalue weighted by molar-refractivity contribution is 5.98. The van der Waals surface area contributed by atoms with E-state index < -0.39 is 0 Å². The Hall–Kier alpha value is -1.91. The molecule has 0 radical (unpaired) electrons. The van der Waals surface area contributed by atoms with Crippen molar-refractivity contribution in [1.29, 1.82) is 0 Å². The second-order valence-corrected chi connectivity index (χ2v) is 5.88. The van der Waals surface area contributed by atoms with Gasteiger partial charge in [0.05, 0.1) is 0 Å². The minimum Gasteiger partial charge on any atom is -0.349 e. The predicted octanol–water partition coefficient (Wildman–Crippen LogP) is 1.99. The lowest BCUT2D eigenvalue weighted by molar-refractivity contribution is 0.0756. The zero-order valence-electron chi connectivity index (χ0n) is 12.2. The van der Waals surface area contributed by atoms with Crippen LogP contribution in [0, 0.1) is 0 Å². The van der Waals surface area contributed by atoms with Crippen LogP contribution in [0.4, 0.5) is 0 Å². The molecule has 21 heavy (non-hydrogen) atoms. The van der Waals surface area contributed by atoms with E-state index in [0.29, 0.717) is 17.3 Å². The molecule has 3 rings (SSSR count). The van der Waals surface area contributed by atoms with Gasteiger partial charge in [0.1, 0.15) is 5.69 Å². The number of carbonyl (C=O) groups excluding carboxylic acids is 2. The third-order valence-electron chi connectivity index (χ3n) is 4.05. The molecule has 5 nitrogen and oxygen atoms in total. The summed E-state index contributed by atoms with van der Waals surface area (Å²) in [6.45, 7) is 1.58. The molecule has 0 spiro atoms. The zero-order chi connectivity index (χ0) is 14.7. The molecule has 0 aromatic carbocycles. The molecule has 1 aliphatic heterocycles. The van der Waals surface area contributed by atoms with Crippen molar-refractivity contribution in [2.75, 3.05) is 13.1 Å². The Labute approximate surface area is 124 Å². The zero-order valence-corrected chi connectivity index (χ0v) is 12.2. The van der Waals surface area contributed by atoms with Gasteiger partial charge in [0, 0.05) is 30.9 Å². The largest absolute Gasteiger partial charge is 0.349 e. The number of rotatable bonds is 3. The summed E-state index contributed by atoms with van der Waals surface area (Å²) in [7, 11) is 0. The molecular weight excluding hydrogens is 266 g/mol. The van der Waals surface area contributed by atoms with Gasteiger partial charge in [0.2, 0.25) is 0 Å². The molecule has 2 aliphatic rings. The van der Waals surface area contributed by atoms with Gasteiger partial charge in [0.25, 0.3) is 11.8 Å². The lowest BCUT2D eigenvalue weighted by atomic mass is 10.2. The number of amides is 2. The Balaban J connectivity index is 1.71. The van der Waals surface area contributed by atoms with Gasteiger partial charge in [-0.2, -0.15) is 0 Å². The average Bonchev–Trinajstić information content (AvgIpc) is 3.33. The van der Waals surface area contributed by atoms with Gasteiger partial charge in [-0.1, -0.05) is 12.8 Å². The van der Waals surface area contributed by atoms with Crippen molar-refractivity contribution in [3.05, 3.63) is 29.6 Å². The van der Waals surface area contributed by atoms with Crippen LogP contribution in [0.5, 0.6) is 0 Å². The monoisotopic (exact) mass is 287 g/mol. The van der Waals surface area contributed by atoms with Gasteiger partial charge in [0.15, 0.2) is 0 Å². The number of nitrogens with zero attached hydrogens (tertiary/aromatic N) is 2. The van der Waals surface area contributed by atoms with Crippen LogP contribution in [0.2, 0.25) is 0 Å². The van der Waals surface area contributed by atoms with Crippen molar-refractivity contribution in [3.8, 4) is 0 Å². The van der Waals surface area contributed by atoms with Gasteiger partial charge in [-0.25, -0.2) is 0 Å². The fourth-order valence-electron chi connectivity index (χ4n) is 2.62. The molecule has 112 valence electrons. The van der Waals surface area contributed by atoms with Crippen LogP contribution >= 0.6 is 0 Å². The third kappa shape index (κ3) is 3.60. The van der Waals surface area contributed by atoms with E-state index in [9.17, 15) is 9.59 Å². The van der Waals surface area contributed by atoms with Gasteiger partial charge in [-0.05, 0) is 37.8 Å². The SMILES string of the molecule is O=C(NC1CC1)c1ccnc(C(=O)N2CCCCCC2)c1. The van der Waals surface area contributed by atoms with Crippen molar-refractivity contribution in [3.63, 3.8) is 0 Å². The molecule has 1 N–H and O–H groups in total. The molecule has 1 saturated heterocycles. The molecule has 2 heterocycles. The molecule has 1 saturated carbocycles. The molecule has 0 atom stereocenters. The Morgan fingerprint density at radius 1 is 1.14 bits per heavy atom. The maximum absolute atomic E-state index is 12.5. The van der Waals surface area contributed by atoms with Gasteiger partial charge in [-0.3, -0.25) is 14.6 Å². The Morgan fingerprint density at radius 2 is 1.86 bits per heavy atom. The van der Waals surface area contributed by atoms with Crippen LogP contribution in [-0.4, -0.2) is 40.8 Å². The maximum atomic E-state index is 12.5. The van der Waals surface area contributed by atoms with E-state index in [1.807, 2.05) is 4.90 Å². The van der Waals surface area contributed by atoms with Crippen molar-refractivity contribution in [2.45, 2.75) is 44.6 Å². The predicted molar refractivity (Wildman–Crippen MR) is 79.1 cm³/mol. The fourth-order valence-corrected chi connectivity index (χ4v) is 2.62. The topological polar surface area (TPSA) is 62.3 Å². The van der Waals surface area contributed by atoms with Gasteiger partial charge >= 0.3 is 0 Å². The summed E-state index contributed by atoms with van der Waals surface area (Å²) >= 11 is 0. The molecule has 5 heteroatoms. The van der Waals surface area contributed by atoms with E-state index in [1.165, 1.54) is 12.8 Å². The molecule has 0 unspecified atom stereocenters. The number of hydrogen-bond donors (Lipinski definition) is 1. The van der Waals surface area contributed by atoms with Crippen molar-refractivity contribution in [1.82, 2.24) is 15.2 Å². The van der Waals surface area contributed by atoms with Crippen LogP contribution in [0.25, 0.3) is 0 Å². The number of pyridine rings is 1. The number of aromatic nitrogens is 1. The first-order chi connectivity index (χ1) is 10.2. The number of likely N-dealkylation sites (tertiary alicyclic amines) is 1. The first-order valence-corrected chi connectivity index (χ1v) is 7.80. The van der Waals surface area contributed by atoms with E-state index >= 15 is 0 Å². The van der Waals surface area contributed by atoms with Gasteiger partial charge < -0.3 is 10.2 Å². The maximum Gasteiger partial charge on any atom is 0.272 e. The number of nitrogens with one attached hydrogen (secondary N) is 1. The van der Waals surface area contributed by atoms with Crippen LogP contribution in [0.15, 0.2) is 18.3 Å². The standard InChI is InChI=1S/C16H21N3O2/c20-15(18-13-5-6-13)12-7-8-17-14(11-12)16(21)19-9-3-1-2-4-10-19/h7-8,11,13H,1-6,9-10H2,(H,18,20). The normalized spacial score (nSPS) is 19.0. The summed E-state index contributed by atoms with van der Waals surface area (Å²) in [4.78, 5) is 30.5.